The fraction of sp³-hybridized carbons (Fsp3) is 0.423. The largest absolute Gasteiger partial charge is 0.396 e. The molecule has 1 aliphatic rings. The Morgan fingerprint density at radius 1 is 1.07 bits per heavy atom. The number of benzene rings is 2. The molecular formula is C26H32N2O2. The highest BCUT2D eigenvalue weighted by Gasteiger charge is 2.38. The fourth-order valence-electron chi connectivity index (χ4n) is 5.09. The Balaban J connectivity index is 1.64. The van der Waals surface area contributed by atoms with Gasteiger partial charge in [-0.1, -0.05) is 36.4 Å². The number of H-pyrrole nitrogens is 1. The molecule has 0 spiro atoms. The molecular weight excluding hydrogens is 372 g/mol. The van der Waals surface area contributed by atoms with Crippen LogP contribution in [0.3, 0.4) is 0 Å². The van der Waals surface area contributed by atoms with Crippen LogP contribution in [-0.2, 0) is 6.42 Å². The summed E-state index contributed by atoms with van der Waals surface area (Å²) in [5.41, 5.74) is 7.32. The molecule has 0 bridgehead atoms. The summed E-state index contributed by atoms with van der Waals surface area (Å²) in [4.78, 5) is 18.9. The minimum absolute atomic E-state index is 0.0461. The predicted molar refractivity (Wildman–Crippen MR) is 122 cm³/mol. The number of aliphatic hydroxyl groups excluding tert-OH is 1. The lowest BCUT2D eigenvalue weighted by atomic mass is 9.75. The van der Waals surface area contributed by atoms with Gasteiger partial charge < -0.3 is 15.0 Å². The minimum atomic E-state index is -0.286. The van der Waals surface area contributed by atoms with E-state index in [1.54, 1.807) is 0 Å². The second-order valence-electron chi connectivity index (χ2n) is 9.17. The van der Waals surface area contributed by atoms with Gasteiger partial charge in [0, 0.05) is 29.4 Å². The Morgan fingerprint density at radius 3 is 2.50 bits per heavy atom. The van der Waals surface area contributed by atoms with Crippen LogP contribution in [-0.4, -0.2) is 40.6 Å². The molecule has 2 N–H and O–H groups in total. The molecule has 0 saturated carbocycles. The number of amides is 1. The molecule has 1 atom stereocenters. The summed E-state index contributed by atoms with van der Waals surface area (Å²) in [6, 6.07) is 12.6. The standard InChI is InChI=1S/C26H32N2O2/c1-17-8-5-6-9-21(17)14-26(16-29)12-7-13-28(15-26)25(30)24-20(4)22-18(2)10-11-19(3)23(22)27-24/h5-6,8-11,27,29H,7,12-16H2,1-4H3/t26-/m1/s1. The monoisotopic (exact) mass is 404 g/mol. The number of fused-ring (bicyclic) bond motifs is 1. The Bertz CT molecular complexity index is 1100. The summed E-state index contributed by atoms with van der Waals surface area (Å²) >= 11 is 0. The van der Waals surface area contributed by atoms with Gasteiger partial charge >= 0.3 is 0 Å². The average Bonchev–Trinajstić information content (AvgIpc) is 3.10. The molecule has 4 heteroatoms. The molecule has 0 radical (unpaired) electrons. The molecule has 4 nitrogen and oxygen atoms in total. The van der Waals surface area contributed by atoms with Gasteiger partial charge in [-0.15, -0.1) is 0 Å². The number of hydrogen-bond donors (Lipinski definition) is 2. The first-order valence-electron chi connectivity index (χ1n) is 10.9. The first kappa shape index (κ1) is 20.7. The first-order valence-corrected chi connectivity index (χ1v) is 10.9. The molecule has 1 aliphatic heterocycles. The summed E-state index contributed by atoms with van der Waals surface area (Å²) < 4.78 is 0. The summed E-state index contributed by atoms with van der Waals surface area (Å²) in [5, 5.41) is 11.5. The predicted octanol–water partition coefficient (Wildman–Crippen LogP) is 4.86. The van der Waals surface area contributed by atoms with Crippen LogP contribution in [0.5, 0.6) is 0 Å². The van der Waals surface area contributed by atoms with Crippen molar-refractivity contribution in [1.29, 1.82) is 0 Å². The second-order valence-corrected chi connectivity index (χ2v) is 9.17. The number of aryl methyl sites for hydroxylation is 4. The van der Waals surface area contributed by atoms with Crippen molar-refractivity contribution in [2.24, 2.45) is 5.41 Å². The lowest BCUT2D eigenvalue weighted by Crippen LogP contribution is -2.49. The maximum atomic E-state index is 13.5. The zero-order valence-electron chi connectivity index (χ0n) is 18.5. The van der Waals surface area contributed by atoms with Crippen LogP contribution in [0, 0.1) is 33.1 Å². The van der Waals surface area contributed by atoms with E-state index in [1.807, 2.05) is 17.9 Å². The van der Waals surface area contributed by atoms with Crippen molar-refractivity contribution in [2.45, 2.75) is 47.0 Å². The van der Waals surface area contributed by atoms with Gasteiger partial charge in [0.1, 0.15) is 5.69 Å². The number of carbonyl (C=O) groups excluding carboxylic acids is 1. The van der Waals surface area contributed by atoms with Crippen molar-refractivity contribution >= 4 is 16.8 Å². The number of carbonyl (C=O) groups is 1. The van der Waals surface area contributed by atoms with Gasteiger partial charge in [-0.25, -0.2) is 0 Å². The van der Waals surface area contributed by atoms with Gasteiger partial charge in [-0.05, 0) is 74.8 Å². The quantitative estimate of drug-likeness (QED) is 0.652. The molecule has 3 aromatic rings. The highest BCUT2D eigenvalue weighted by atomic mass is 16.3. The number of aromatic amines is 1. The summed E-state index contributed by atoms with van der Waals surface area (Å²) in [5.74, 6) is 0.0461. The van der Waals surface area contributed by atoms with E-state index < -0.39 is 0 Å². The Hall–Kier alpha value is -2.59. The molecule has 2 heterocycles. The molecule has 2 aromatic carbocycles. The van der Waals surface area contributed by atoms with E-state index >= 15 is 0 Å². The lowest BCUT2D eigenvalue weighted by Gasteiger charge is -2.42. The molecule has 1 amide bonds. The van der Waals surface area contributed by atoms with Crippen LogP contribution < -0.4 is 0 Å². The Labute approximate surface area is 178 Å². The van der Waals surface area contributed by atoms with Crippen molar-refractivity contribution in [3.05, 3.63) is 69.9 Å². The number of likely N-dealkylation sites (tertiary alicyclic amines) is 1. The summed E-state index contributed by atoms with van der Waals surface area (Å²) in [6.07, 6.45) is 2.64. The van der Waals surface area contributed by atoms with E-state index in [-0.39, 0.29) is 17.9 Å². The molecule has 30 heavy (non-hydrogen) atoms. The number of rotatable bonds is 4. The number of piperidine rings is 1. The van der Waals surface area contributed by atoms with E-state index in [0.717, 1.165) is 47.8 Å². The highest BCUT2D eigenvalue weighted by molar-refractivity contribution is 6.02. The van der Waals surface area contributed by atoms with Crippen LogP contribution in [0.4, 0.5) is 0 Å². The number of nitrogens with one attached hydrogen (secondary N) is 1. The van der Waals surface area contributed by atoms with Gasteiger partial charge in [-0.3, -0.25) is 4.79 Å². The number of hydrogen-bond acceptors (Lipinski definition) is 2. The van der Waals surface area contributed by atoms with Gasteiger partial charge in [0.25, 0.3) is 5.91 Å². The molecule has 158 valence electrons. The molecule has 0 aliphatic carbocycles. The van der Waals surface area contributed by atoms with Crippen LogP contribution >= 0.6 is 0 Å². The molecule has 1 fully saturated rings. The van der Waals surface area contributed by atoms with Gasteiger partial charge in [0.15, 0.2) is 0 Å². The summed E-state index contributed by atoms with van der Waals surface area (Å²) in [7, 11) is 0. The Morgan fingerprint density at radius 2 is 1.80 bits per heavy atom. The van der Waals surface area contributed by atoms with E-state index in [0.29, 0.717) is 12.2 Å². The van der Waals surface area contributed by atoms with Gasteiger partial charge in [0.2, 0.25) is 0 Å². The van der Waals surface area contributed by atoms with E-state index in [9.17, 15) is 9.90 Å². The fourth-order valence-corrected chi connectivity index (χ4v) is 5.09. The third-order valence-corrected chi connectivity index (χ3v) is 6.95. The molecule has 0 unspecified atom stereocenters. The zero-order chi connectivity index (χ0) is 21.5. The van der Waals surface area contributed by atoms with Crippen molar-refractivity contribution in [3.8, 4) is 0 Å². The van der Waals surface area contributed by atoms with Crippen molar-refractivity contribution in [1.82, 2.24) is 9.88 Å². The average molecular weight is 405 g/mol. The van der Waals surface area contributed by atoms with E-state index in [2.05, 4.69) is 56.1 Å². The summed E-state index contributed by atoms with van der Waals surface area (Å²) in [6.45, 7) is 9.74. The third kappa shape index (κ3) is 3.54. The van der Waals surface area contributed by atoms with Crippen LogP contribution in [0.25, 0.3) is 10.9 Å². The smallest absolute Gasteiger partial charge is 0.270 e. The van der Waals surface area contributed by atoms with Crippen LogP contribution in [0.15, 0.2) is 36.4 Å². The van der Waals surface area contributed by atoms with E-state index in [4.69, 9.17) is 0 Å². The third-order valence-electron chi connectivity index (χ3n) is 6.95. The van der Waals surface area contributed by atoms with Crippen LogP contribution in [0.1, 0.15) is 51.1 Å². The van der Waals surface area contributed by atoms with Gasteiger partial charge in [0.05, 0.1) is 6.61 Å². The van der Waals surface area contributed by atoms with Crippen molar-refractivity contribution in [2.75, 3.05) is 19.7 Å². The lowest BCUT2D eigenvalue weighted by molar-refractivity contribution is 0.0267. The SMILES string of the molecule is Cc1ccccc1C[C@]1(CO)CCCN(C(=O)c2[nH]c3c(C)ccc(C)c3c2C)C1. The second kappa shape index (κ2) is 7.92. The number of nitrogens with zero attached hydrogens (tertiary/aromatic N) is 1. The topological polar surface area (TPSA) is 56.3 Å². The van der Waals surface area contributed by atoms with Gasteiger partial charge in [-0.2, -0.15) is 0 Å². The van der Waals surface area contributed by atoms with Crippen molar-refractivity contribution < 1.29 is 9.90 Å². The highest BCUT2D eigenvalue weighted by Crippen LogP contribution is 2.36. The van der Waals surface area contributed by atoms with Crippen LogP contribution in [0.2, 0.25) is 0 Å². The Kier molecular flexibility index (Phi) is 5.46. The molecule has 1 saturated heterocycles. The first-order chi connectivity index (χ1) is 14.3. The number of aromatic nitrogens is 1. The van der Waals surface area contributed by atoms with E-state index in [1.165, 1.54) is 16.7 Å². The molecule has 1 aromatic heterocycles. The minimum Gasteiger partial charge on any atom is -0.396 e. The maximum absolute atomic E-state index is 13.5. The molecule has 4 rings (SSSR count). The van der Waals surface area contributed by atoms with Crippen molar-refractivity contribution in [3.63, 3.8) is 0 Å². The normalized spacial score (nSPS) is 19.4. The number of aliphatic hydroxyl groups is 1. The zero-order valence-corrected chi connectivity index (χ0v) is 18.5. The maximum Gasteiger partial charge on any atom is 0.270 e.